The summed E-state index contributed by atoms with van der Waals surface area (Å²) in [6, 6.07) is 0. The predicted molar refractivity (Wildman–Crippen MR) is 102 cm³/mol. The van der Waals surface area contributed by atoms with Crippen molar-refractivity contribution in [3.05, 3.63) is 11.3 Å². The van der Waals surface area contributed by atoms with Gasteiger partial charge in [0.05, 0.1) is 12.3 Å². The summed E-state index contributed by atoms with van der Waals surface area (Å²) in [5.74, 6) is 1.96. The molecule has 10 heteroatoms. The van der Waals surface area contributed by atoms with Crippen LogP contribution in [-0.2, 0) is 16.1 Å². The van der Waals surface area contributed by atoms with Crippen molar-refractivity contribution < 1.29 is 19.4 Å². The molecule has 27 heavy (non-hydrogen) atoms. The molecule has 0 atom stereocenters. The summed E-state index contributed by atoms with van der Waals surface area (Å²) in [5.41, 5.74) is 0.153. The Morgan fingerprint density at radius 3 is 2.63 bits per heavy atom. The van der Waals surface area contributed by atoms with Gasteiger partial charge < -0.3 is 20.1 Å². The first-order valence-electron chi connectivity index (χ1n) is 9.18. The Hall–Kier alpha value is -1.75. The zero-order valence-corrected chi connectivity index (χ0v) is 16.3. The molecule has 0 aliphatic carbocycles. The zero-order valence-electron chi connectivity index (χ0n) is 15.5. The Balaban J connectivity index is 2.15. The Kier molecular flexibility index (Phi) is 6.64. The number of carbonyl (C=O) groups excluding carboxylic acids is 2. The van der Waals surface area contributed by atoms with E-state index in [4.69, 9.17) is 4.74 Å². The molecule has 3 rings (SSSR count). The van der Waals surface area contributed by atoms with Gasteiger partial charge in [-0.15, -0.1) is 0 Å². The second kappa shape index (κ2) is 8.96. The van der Waals surface area contributed by atoms with Crippen LogP contribution in [-0.4, -0.2) is 79.7 Å². The van der Waals surface area contributed by atoms with Gasteiger partial charge in [0.2, 0.25) is 5.95 Å². The van der Waals surface area contributed by atoms with Crippen molar-refractivity contribution in [1.29, 1.82) is 0 Å². The van der Waals surface area contributed by atoms with Crippen molar-refractivity contribution >= 4 is 35.9 Å². The van der Waals surface area contributed by atoms with E-state index in [2.05, 4.69) is 15.3 Å². The van der Waals surface area contributed by atoms with Crippen LogP contribution in [0.1, 0.15) is 23.0 Å². The second-order valence-electron chi connectivity index (χ2n) is 6.47. The molecule has 1 N–H and O–H groups in total. The molecule has 9 nitrogen and oxygen atoms in total. The number of anilines is 1. The molecular weight excluding hydrogens is 370 g/mol. The molecule has 1 aromatic rings. The summed E-state index contributed by atoms with van der Waals surface area (Å²) >= 11 is 1.85. The average molecular weight is 395 g/mol. The van der Waals surface area contributed by atoms with E-state index in [1.165, 1.54) is 0 Å². The third-order valence-electron chi connectivity index (χ3n) is 4.86. The molecule has 148 valence electrons. The smallest absolute Gasteiger partial charge is 0.347 e. The minimum atomic E-state index is -0.670. The molecule has 0 spiro atoms. The Morgan fingerprint density at radius 1 is 1.33 bits per heavy atom. The number of piperazine rings is 1. The lowest BCUT2D eigenvalue weighted by atomic mass is 10.1. The number of ether oxygens (including phenoxy) is 1. The van der Waals surface area contributed by atoms with Gasteiger partial charge in [0.15, 0.2) is 5.56 Å². The van der Waals surface area contributed by atoms with E-state index in [-0.39, 0.29) is 22.3 Å². The predicted octanol–water partition coefficient (Wildman–Crippen LogP) is -0.866. The van der Waals surface area contributed by atoms with Gasteiger partial charge in [-0.05, 0) is 6.92 Å². The summed E-state index contributed by atoms with van der Waals surface area (Å²) in [7, 11) is 0. The number of carbonyl (C=O) groups is 2. The minimum absolute atomic E-state index is 0.0518. The van der Waals surface area contributed by atoms with Crippen LogP contribution in [0.2, 0.25) is 0 Å². The monoisotopic (exact) mass is 395 g/mol. The molecule has 0 aromatic carbocycles. The second-order valence-corrected chi connectivity index (χ2v) is 7.69. The van der Waals surface area contributed by atoms with Crippen LogP contribution < -0.4 is 19.8 Å². The number of amides is 1. The van der Waals surface area contributed by atoms with E-state index >= 15 is 0 Å². The van der Waals surface area contributed by atoms with Crippen molar-refractivity contribution in [3.63, 3.8) is 0 Å². The molecule has 0 bridgehead atoms. The average Bonchev–Trinajstić information content (AvgIpc) is 2.74. The maximum Gasteiger partial charge on any atom is 0.347 e. The highest BCUT2D eigenvalue weighted by atomic mass is 32.2. The fourth-order valence-electron chi connectivity index (χ4n) is 3.39. The molecule has 1 aromatic heterocycles. The van der Waals surface area contributed by atoms with E-state index in [0.29, 0.717) is 37.9 Å². The normalized spacial score (nSPS) is 19.6. The molecule has 2 saturated heterocycles. The number of hydrogen-bond donors (Lipinski definition) is 1. The number of rotatable bonds is 6. The van der Waals surface area contributed by atoms with Crippen LogP contribution in [0.25, 0.3) is 0 Å². The summed E-state index contributed by atoms with van der Waals surface area (Å²) in [6.45, 7) is 4.89. The topological polar surface area (TPSA) is 107 Å². The first kappa shape index (κ1) is 20.0. The minimum Gasteiger partial charge on any atom is -0.850 e. The van der Waals surface area contributed by atoms with Gasteiger partial charge in [-0.25, -0.2) is 19.1 Å². The van der Waals surface area contributed by atoms with Gasteiger partial charge in [-0.1, -0.05) is 6.61 Å². The number of aromatic nitrogens is 2. The van der Waals surface area contributed by atoms with Crippen molar-refractivity contribution in [2.75, 3.05) is 62.3 Å². The molecule has 2 fully saturated rings. The van der Waals surface area contributed by atoms with Crippen LogP contribution in [0.4, 0.5) is 11.8 Å². The Labute approximate surface area is 162 Å². The molecule has 0 radical (unpaired) electrons. The van der Waals surface area contributed by atoms with Gasteiger partial charge in [0.1, 0.15) is 13.1 Å². The van der Waals surface area contributed by atoms with Gasteiger partial charge >= 0.3 is 12.4 Å². The third kappa shape index (κ3) is 4.08. The fraction of sp³-hybridized carbons (Fsp3) is 0.647. The first-order valence-corrected chi connectivity index (χ1v) is 10.3. The van der Waals surface area contributed by atoms with Gasteiger partial charge in [0.25, 0.3) is 5.82 Å². The fourth-order valence-corrected chi connectivity index (χ4v) is 4.29. The summed E-state index contributed by atoms with van der Waals surface area (Å²) in [6.07, 6.45) is 0.816. The molecular formula is C17H25N5O4S. The highest BCUT2D eigenvalue weighted by Crippen LogP contribution is 2.30. The zero-order chi connectivity index (χ0) is 19.3. The highest BCUT2D eigenvalue weighted by Gasteiger charge is 2.40. The number of thioether (sulfide) groups is 1. The lowest BCUT2D eigenvalue weighted by Crippen LogP contribution is -2.60. The van der Waals surface area contributed by atoms with Crippen molar-refractivity contribution in [1.82, 2.24) is 19.8 Å². The van der Waals surface area contributed by atoms with Crippen molar-refractivity contribution in [3.8, 4) is 0 Å². The summed E-state index contributed by atoms with van der Waals surface area (Å²) < 4.78 is 5.06. The number of hydrogen-bond acceptors (Lipinski definition) is 9. The van der Waals surface area contributed by atoms with Gasteiger partial charge in [-0.3, -0.25) is 0 Å². The lowest BCUT2D eigenvalue weighted by molar-refractivity contribution is -0.387. The van der Waals surface area contributed by atoms with E-state index in [1.54, 1.807) is 6.92 Å². The van der Waals surface area contributed by atoms with E-state index < -0.39 is 12.6 Å². The van der Waals surface area contributed by atoms with Gasteiger partial charge in [0, 0.05) is 37.7 Å². The van der Waals surface area contributed by atoms with Crippen LogP contribution in [0.3, 0.4) is 0 Å². The summed E-state index contributed by atoms with van der Waals surface area (Å²) in [4.78, 5) is 35.8. The molecule has 3 heterocycles. The van der Waals surface area contributed by atoms with Crippen molar-refractivity contribution in [2.45, 2.75) is 13.5 Å². The Morgan fingerprint density at radius 2 is 2.04 bits per heavy atom. The van der Waals surface area contributed by atoms with E-state index in [0.717, 1.165) is 31.0 Å². The van der Waals surface area contributed by atoms with Gasteiger partial charge in [-0.2, -0.15) is 16.7 Å². The largest absolute Gasteiger partial charge is 0.850 e. The SMILES string of the molecule is CCOC(=O)c1c(C[O-])nc(N2CCSCC2)nc1[N+]1(C=O)CCNCC1. The maximum absolute atomic E-state index is 12.6. The van der Waals surface area contributed by atoms with Crippen LogP contribution >= 0.6 is 11.8 Å². The standard InChI is InChI=1S/C17H25N5O4S/c1-2-26-16(25)14-13(11-23)19-17(21-5-9-27-10-6-21)20-15(14)22(12-24)7-3-18-4-8-22/h12,18H,2-11H2,1H3. The Bertz CT molecular complexity index is 690. The molecule has 2 aliphatic rings. The van der Waals surface area contributed by atoms with Crippen LogP contribution in [0.15, 0.2) is 0 Å². The number of quaternary nitrogens is 1. The summed E-state index contributed by atoms with van der Waals surface area (Å²) in [5, 5.41) is 15.1. The maximum atomic E-state index is 12.6. The molecule has 1 amide bonds. The molecule has 2 aliphatic heterocycles. The molecule has 0 unspecified atom stereocenters. The quantitative estimate of drug-likeness (QED) is 0.374. The highest BCUT2D eigenvalue weighted by molar-refractivity contribution is 7.99. The van der Waals surface area contributed by atoms with Crippen molar-refractivity contribution in [2.24, 2.45) is 0 Å². The number of nitrogens with zero attached hydrogens (tertiary/aromatic N) is 4. The van der Waals surface area contributed by atoms with E-state index in [1.807, 2.05) is 16.7 Å². The number of esters is 1. The third-order valence-corrected chi connectivity index (χ3v) is 5.80. The van der Waals surface area contributed by atoms with E-state index in [9.17, 15) is 14.7 Å². The molecule has 0 saturated carbocycles. The van der Waals surface area contributed by atoms with Crippen LogP contribution in [0, 0.1) is 0 Å². The lowest BCUT2D eigenvalue weighted by Gasteiger charge is -2.36. The number of nitrogens with one attached hydrogen (secondary N) is 1. The van der Waals surface area contributed by atoms with Crippen LogP contribution in [0.5, 0.6) is 0 Å². The first-order chi connectivity index (χ1) is 13.1.